The van der Waals surface area contributed by atoms with Gasteiger partial charge in [-0.25, -0.2) is 4.79 Å². The molecule has 172 valence electrons. The number of rotatable bonds is 8. The van der Waals surface area contributed by atoms with Gasteiger partial charge in [0.15, 0.2) is 0 Å². The number of nitrogens with zero attached hydrogens (tertiary/aromatic N) is 3. The van der Waals surface area contributed by atoms with Gasteiger partial charge in [0.2, 0.25) is 5.91 Å². The zero-order valence-corrected chi connectivity index (χ0v) is 19.1. The van der Waals surface area contributed by atoms with Gasteiger partial charge in [-0.3, -0.25) is 9.69 Å². The Kier molecular flexibility index (Phi) is 8.92. The Labute approximate surface area is 190 Å². The average molecular weight is 439 g/mol. The molecule has 0 saturated carbocycles. The monoisotopic (exact) mass is 438 g/mol. The van der Waals surface area contributed by atoms with E-state index in [-0.39, 0.29) is 11.9 Å². The topological polar surface area (TPSA) is 65.1 Å². The molecule has 1 saturated heterocycles. The van der Waals surface area contributed by atoms with Gasteiger partial charge in [-0.2, -0.15) is 0 Å². The third kappa shape index (κ3) is 7.27. The zero-order valence-electron chi connectivity index (χ0n) is 19.1. The number of urea groups is 1. The lowest BCUT2D eigenvalue weighted by Crippen LogP contribution is -2.40. The Bertz CT molecular complexity index is 857. The summed E-state index contributed by atoms with van der Waals surface area (Å²) in [6, 6.07) is 17.8. The molecular weight excluding hydrogens is 404 g/mol. The van der Waals surface area contributed by atoms with Crippen LogP contribution in [0.15, 0.2) is 54.6 Å². The lowest BCUT2D eigenvalue weighted by atomic mass is 10.2. The second-order valence-electron chi connectivity index (χ2n) is 8.18. The van der Waals surface area contributed by atoms with Crippen molar-refractivity contribution in [1.29, 1.82) is 0 Å². The molecule has 7 nitrogen and oxygen atoms in total. The predicted molar refractivity (Wildman–Crippen MR) is 125 cm³/mol. The first-order chi connectivity index (χ1) is 15.5. The minimum atomic E-state index is -0.164. The number of carbonyl (C=O) groups excluding carboxylic acids is 2. The van der Waals surface area contributed by atoms with Crippen LogP contribution in [-0.2, 0) is 17.9 Å². The quantitative estimate of drug-likeness (QED) is 0.688. The molecule has 0 atom stereocenters. The highest BCUT2D eigenvalue weighted by Crippen LogP contribution is 2.14. The van der Waals surface area contributed by atoms with Crippen LogP contribution in [0.25, 0.3) is 0 Å². The van der Waals surface area contributed by atoms with Gasteiger partial charge in [0.1, 0.15) is 5.75 Å². The van der Waals surface area contributed by atoms with Crippen molar-refractivity contribution in [3.8, 4) is 5.75 Å². The van der Waals surface area contributed by atoms with E-state index in [1.807, 2.05) is 47.4 Å². The van der Waals surface area contributed by atoms with Crippen LogP contribution in [0, 0.1) is 0 Å². The zero-order chi connectivity index (χ0) is 22.8. The van der Waals surface area contributed by atoms with Crippen molar-refractivity contribution in [2.24, 2.45) is 0 Å². The van der Waals surface area contributed by atoms with Gasteiger partial charge in [0.05, 0.1) is 7.11 Å². The van der Waals surface area contributed by atoms with Crippen LogP contribution in [0.2, 0.25) is 0 Å². The molecular formula is C25H34N4O3. The Balaban J connectivity index is 1.37. The van der Waals surface area contributed by atoms with Crippen LogP contribution in [0.5, 0.6) is 5.75 Å². The first-order valence-electron chi connectivity index (χ1n) is 11.2. The summed E-state index contributed by atoms with van der Waals surface area (Å²) >= 11 is 0. The first-order valence-corrected chi connectivity index (χ1v) is 11.2. The predicted octanol–water partition coefficient (Wildman–Crippen LogP) is 2.96. The maximum Gasteiger partial charge on any atom is 0.317 e. The van der Waals surface area contributed by atoms with Crippen molar-refractivity contribution in [3.05, 3.63) is 65.7 Å². The highest BCUT2D eigenvalue weighted by atomic mass is 16.5. The first kappa shape index (κ1) is 23.6. The van der Waals surface area contributed by atoms with Gasteiger partial charge >= 0.3 is 6.03 Å². The van der Waals surface area contributed by atoms with Crippen LogP contribution in [0.3, 0.4) is 0 Å². The molecule has 1 fully saturated rings. The van der Waals surface area contributed by atoms with Crippen LogP contribution >= 0.6 is 0 Å². The summed E-state index contributed by atoms with van der Waals surface area (Å²) in [5.41, 5.74) is 2.32. The van der Waals surface area contributed by atoms with E-state index in [0.29, 0.717) is 19.5 Å². The van der Waals surface area contributed by atoms with E-state index in [9.17, 15) is 9.59 Å². The van der Waals surface area contributed by atoms with Crippen molar-refractivity contribution in [2.75, 3.05) is 46.9 Å². The number of benzene rings is 2. The maximum absolute atomic E-state index is 12.7. The Morgan fingerprint density at radius 1 is 0.969 bits per heavy atom. The van der Waals surface area contributed by atoms with E-state index in [1.54, 1.807) is 19.1 Å². The van der Waals surface area contributed by atoms with Crippen LogP contribution in [0.4, 0.5) is 4.79 Å². The minimum Gasteiger partial charge on any atom is -0.497 e. The molecule has 3 amide bonds. The van der Waals surface area contributed by atoms with E-state index in [0.717, 1.165) is 50.5 Å². The second-order valence-corrected chi connectivity index (χ2v) is 8.18. The number of hydrogen-bond acceptors (Lipinski definition) is 4. The number of ether oxygens (including phenoxy) is 1. The molecule has 2 aromatic rings. The van der Waals surface area contributed by atoms with Gasteiger partial charge in [-0.05, 0) is 29.7 Å². The fourth-order valence-electron chi connectivity index (χ4n) is 3.87. The fraction of sp³-hybridized carbons (Fsp3) is 0.440. The maximum atomic E-state index is 12.7. The van der Waals surface area contributed by atoms with Crippen LogP contribution in [-0.4, -0.2) is 73.5 Å². The molecule has 0 radical (unpaired) electrons. The smallest absolute Gasteiger partial charge is 0.317 e. The lowest BCUT2D eigenvalue weighted by molar-refractivity contribution is -0.130. The van der Waals surface area contributed by atoms with Gasteiger partial charge in [0.25, 0.3) is 0 Å². The Hall–Kier alpha value is -3.06. The van der Waals surface area contributed by atoms with E-state index in [4.69, 9.17) is 4.74 Å². The van der Waals surface area contributed by atoms with Gasteiger partial charge in [-0.1, -0.05) is 42.5 Å². The molecule has 0 bridgehead atoms. The molecule has 1 heterocycles. The minimum absolute atomic E-state index is 0.0994. The summed E-state index contributed by atoms with van der Waals surface area (Å²) < 4.78 is 5.22. The van der Waals surface area contributed by atoms with Crippen LogP contribution in [0.1, 0.15) is 24.0 Å². The standard InChI is InChI=1S/C25H34N4O3/c1-27(19-21-7-4-3-5-8-21)25(31)26-14-13-24(30)29-16-6-15-28(17-18-29)20-22-9-11-23(32-2)12-10-22/h3-5,7-12H,6,13-20H2,1-2H3,(H,26,31). The highest BCUT2D eigenvalue weighted by molar-refractivity contribution is 5.78. The lowest BCUT2D eigenvalue weighted by Gasteiger charge is -2.23. The van der Waals surface area contributed by atoms with E-state index < -0.39 is 0 Å². The van der Waals surface area contributed by atoms with Crippen molar-refractivity contribution in [3.63, 3.8) is 0 Å². The summed E-state index contributed by atoms with van der Waals surface area (Å²) in [4.78, 5) is 30.9. The fourth-order valence-corrected chi connectivity index (χ4v) is 3.87. The summed E-state index contributed by atoms with van der Waals surface area (Å²) in [5.74, 6) is 0.960. The molecule has 0 spiro atoms. The second kappa shape index (κ2) is 12.1. The van der Waals surface area contributed by atoms with Crippen LogP contribution < -0.4 is 10.1 Å². The Morgan fingerprint density at radius 2 is 1.72 bits per heavy atom. The van der Waals surface area contributed by atoms with Crippen molar-refractivity contribution >= 4 is 11.9 Å². The molecule has 1 aliphatic rings. The van der Waals surface area contributed by atoms with Gasteiger partial charge < -0.3 is 19.9 Å². The molecule has 0 aliphatic carbocycles. The largest absolute Gasteiger partial charge is 0.497 e. The van der Waals surface area contributed by atoms with E-state index in [2.05, 4.69) is 22.3 Å². The summed E-state index contributed by atoms with van der Waals surface area (Å²) in [5, 5.41) is 2.86. The number of amides is 3. The summed E-state index contributed by atoms with van der Waals surface area (Å²) in [7, 11) is 3.43. The normalized spacial score (nSPS) is 14.5. The molecule has 1 aliphatic heterocycles. The van der Waals surface area contributed by atoms with Crippen molar-refractivity contribution in [2.45, 2.75) is 25.9 Å². The third-order valence-electron chi connectivity index (χ3n) is 5.73. The number of hydrogen-bond donors (Lipinski definition) is 1. The number of carbonyl (C=O) groups is 2. The molecule has 0 aromatic heterocycles. The number of nitrogens with one attached hydrogen (secondary N) is 1. The molecule has 0 unspecified atom stereocenters. The van der Waals surface area contributed by atoms with E-state index >= 15 is 0 Å². The van der Waals surface area contributed by atoms with Gasteiger partial charge in [-0.15, -0.1) is 0 Å². The third-order valence-corrected chi connectivity index (χ3v) is 5.73. The van der Waals surface area contributed by atoms with Gasteiger partial charge in [0, 0.05) is 59.3 Å². The molecule has 3 rings (SSSR count). The molecule has 32 heavy (non-hydrogen) atoms. The van der Waals surface area contributed by atoms with Crippen molar-refractivity contribution < 1.29 is 14.3 Å². The highest BCUT2D eigenvalue weighted by Gasteiger charge is 2.19. The molecule has 2 aromatic carbocycles. The molecule has 1 N–H and O–H groups in total. The summed E-state index contributed by atoms with van der Waals surface area (Å²) in [6.45, 7) is 5.06. The number of methoxy groups -OCH3 is 1. The molecule has 7 heteroatoms. The Morgan fingerprint density at radius 3 is 2.44 bits per heavy atom. The van der Waals surface area contributed by atoms with Crippen molar-refractivity contribution in [1.82, 2.24) is 20.0 Å². The average Bonchev–Trinajstić information content (AvgIpc) is 3.05. The SMILES string of the molecule is COc1ccc(CN2CCCN(C(=O)CCNC(=O)N(C)Cc3ccccc3)CC2)cc1. The van der Waals surface area contributed by atoms with E-state index in [1.165, 1.54) is 5.56 Å². The summed E-state index contributed by atoms with van der Waals surface area (Å²) in [6.07, 6.45) is 1.28.